The summed E-state index contributed by atoms with van der Waals surface area (Å²) in [7, 11) is 0. The largest absolute Gasteiger partial charge is 0.391 e. The molecule has 7 nitrogen and oxygen atoms in total. The molecule has 0 saturated carbocycles. The van der Waals surface area contributed by atoms with Crippen molar-refractivity contribution in [3.05, 3.63) is 35.2 Å². The Labute approximate surface area is 148 Å². The second-order valence-electron chi connectivity index (χ2n) is 5.88. The smallest absolute Gasteiger partial charge is 0.262 e. The normalized spacial score (nSPS) is 19.6. The molecular formula is C17H18N2O5S. The van der Waals surface area contributed by atoms with E-state index in [4.69, 9.17) is 4.74 Å². The maximum Gasteiger partial charge on any atom is 0.262 e. The molecule has 3 N–H and O–H groups in total. The van der Waals surface area contributed by atoms with Crippen LogP contribution in [0.15, 0.2) is 30.3 Å². The van der Waals surface area contributed by atoms with Crippen LogP contribution >= 0.6 is 11.3 Å². The molecule has 1 aliphatic rings. The topological polar surface area (TPSA) is 105 Å². The molecule has 3 rings (SSSR count). The molecular weight excluding hydrogens is 344 g/mol. The molecule has 8 heteroatoms. The molecule has 2 amide bonds. The van der Waals surface area contributed by atoms with Crippen molar-refractivity contribution >= 4 is 39.0 Å². The number of thiophene rings is 1. The maximum absolute atomic E-state index is 12.5. The molecule has 1 aromatic carbocycles. The lowest BCUT2D eigenvalue weighted by atomic mass is 10.1. The molecule has 2 heterocycles. The van der Waals surface area contributed by atoms with E-state index in [1.165, 1.54) is 18.3 Å². The third-order valence-corrected chi connectivity index (χ3v) is 5.05. The number of rotatable bonds is 5. The van der Waals surface area contributed by atoms with E-state index in [0.717, 1.165) is 10.1 Å². The third kappa shape index (κ3) is 3.87. The lowest BCUT2D eigenvalue weighted by molar-refractivity contribution is -0.129. The van der Waals surface area contributed by atoms with E-state index in [0.29, 0.717) is 4.88 Å². The second kappa shape index (κ2) is 7.30. The highest BCUT2D eigenvalue weighted by molar-refractivity contribution is 7.20. The summed E-state index contributed by atoms with van der Waals surface area (Å²) in [5.74, 6) is -1.29. The molecule has 25 heavy (non-hydrogen) atoms. The maximum atomic E-state index is 12.5. The van der Waals surface area contributed by atoms with Crippen molar-refractivity contribution in [1.82, 2.24) is 10.6 Å². The van der Waals surface area contributed by atoms with Crippen molar-refractivity contribution in [3.8, 4) is 0 Å². The van der Waals surface area contributed by atoms with Gasteiger partial charge in [-0.25, -0.2) is 0 Å². The first kappa shape index (κ1) is 17.5. The zero-order valence-corrected chi connectivity index (χ0v) is 14.3. The van der Waals surface area contributed by atoms with Gasteiger partial charge in [0, 0.05) is 4.70 Å². The van der Waals surface area contributed by atoms with Crippen LogP contribution in [0.1, 0.15) is 16.6 Å². The molecule has 0 radical (unpaired) electrons. The summed E-state index contributed by atoms with van der Waals surface area (Å²) in [5.41, 5.74) is 0. The first-order valence-corrected chi connectivity index (χ1v) is 8.65. The molecule has 3 atom stereocenters. The number of ether oxygens (including phenoxy) is 1. The van der Waals surface area contributed by atoms with Crippen LogP contribution < -0.4 is 10.6 Å². The summed E-state index contributed by atoms with van der Waals surface area (Å²) in [6, 6.07) is 7.40. The molecule has 0 bridgehead atoms. The van der Waals surface area contributed by atoms with Gasteiger partial charge in [-0.2, -0.15) is 0 Å². The van der Waals surface area contributed by atoms with Crippen molar-refractivity contribution in [2.24, 2.45) is 0 Å². The van der Waals surface area contributed by atoms with Crippen LogP contribution in [0.2, 0.25) is 0 Å². The van der Waals surface area contributed by atoms with Crippen LogP contribution in [0, 0.1) is 0 Å². The molecule has 132 valence electrons. The van der Waals surface area contributed by atoms with Crippen molar-refractivity contribution in [1.29, 1.82) is 0 Å². The van der Waals surface area contributed by atoms with Crippen LogP contribution in [0.3, 0.4) is 0 Å². The Balaban J connectivity index is 1.71. The summed E-state index contributed by atoms with van der Waals surface area (Å²) in [6.07, 6.45) is -1.12. The van der Waals surface area contributed by atoms with Gasteiger partial charge >= 0.3 is 0 Å². The Kier molecular flexibility index (Phi) is 5.12. The third-order valence-electron chi connectivity index (χ3n) is 3.93. The first-order valence-electron chi connectivity index (χ1n) is 7.84. The van der Waals surface area contributed by atoms with Gasteiger partial charge < -0.3 is 20.5 Å². The van der Waals surface area contributed by atoms with E-state index < -0.39 is 30.0 Å². The number of amides is 2. The molecule has 1 aliphatic heterocycles. The van der Waals surface area contributed by atoms with Crippen LogP contribution in [-0.4, -0.2) is 54.1 Å². The average molecular weight is 362 g/mol. The predicted molar refractivity (Wildman–Crippen MR) is 92.5 cm³/mol. The molecule has 1 fully saturated rings. The number of fused-ring (bicyclic) bond motifs is 1. The number of Topliss-reactive ketones (excluding diaryl/α,β-unsaturated/α-hetero) is 1. The van der Waals surface area contributed by atoms with Gasteiger partial charge in [-0.05, 0) is 24.4 Å². The molecule has 0 spiro atoms. The van der Waals surface area contributed by atoms with Gasteiger partial charge in [0.15, 0.2) is 5.78 Å². The van der Waals surface area contributed by atoms with Crippen molar-refractivity contribution in [2.45, 2.75) is 25.1 Å². The van der Waals surface area contributed by atoms with Gasteiger partial charge in [0.05, 0.1) is 17.6 Å². The van der Waals surface area contributed by atoms with E-state index in [9.17, 15) is 19.5 Å². The monoisotopic (exact) mass is 362 g/mol. The van der Waals surface area contributed by atoms with Gasteiger partial charge in [-0.15, -0.1) is 11.3 Å². The van der Waals surface area contributed by atoms with Gasteiger partial charge in [-0.3, -0.25) is 14.4 Å². The summed E-state index contributed by atoms with van der Waals surface area (Å²) in [4.78, 5) is 36.8. The van der Waals surface area contributed by atoms with E-state index in [2.05, 4.69) is 10.6 Å². The van der Waals surface area contributed by atoms with Gasteiger partial charge in [0.25, 0.3) is 5.91 Å². The minimum absolute atomic E-state index is 0.0432. The Bertz CT molecular complexity index is 783. The molecule has 0 aliphatic carbocycles. The van der Waals surface area contributed by atoms with Crippen molar-refractivity contribution in [3.63, 3.8) is 0 Å². The van der Waals surface area contributed by atoms with Crippen molar-refractivity contribution in [2.75, 3.05) is 13.2 Å². The summed E-state index contributed by atoms with van der Waals surface area (Å²) >= 11 is 1.30. The number of aliphatic hydroxyl groups is 1. The standard InChI is InChI=1S/C17H18N2O5S/c1-9(20)15(17(23)18-11-7-24-8-12(11)21)19-16(22)14-6-10-4-2-3-5-13(10)25-14/h2-6,9,11,15,20H,7-8H2,1H3,(H,18,23)(H,19,22)/t9?,11?,15-/m0/s1. The Morgan fingerprint density at radius 3 is 2.76 bits per heavy atom. The van der Waals surface area contributed by atoms with Crippen LogP contribution in [0.4, 0.5) is 0 Å². The number of carbonyl (C=O) groups excluding carboxylic acids is 3. The lowest BCUT2D eigenvalue weighted by Crippen LogP contribution is -2.55. The summed E-state index contributed by atoms with van der Waals surface area (Å²) in [6.45, 7) is 1.46. The number of carbonyl (C=O) groups is 3. The highest BCUT2D eigenvalue weighted by Crippen LogP contribution is 2.25. The van der Waals surface area contributed by atoms with E-state index in [1.807, 2.05) is 24.3 Å². The number of benzene rings is 1. The predicted octanol–water partition coefficient (Wildman–Crippen LogP) is 0.465. The highest BCUT2D eigenvalue weighted by Gasteiger charge is 2.32. The van der Waals surface area contributed by atoms with E-state index >= 15 is 0 Å². The fourth-order valence-electron chi connectivity index (χ4n) is 2.57. The summed E-state index contributed by atoms with van der Waals surface area (Å²) in [5, 5.41) is 15.9. The van der Waals surface area contributed by atoms with Gasteiger partial charge in [-0.1, -0.05) is 18.2 Å². The molecule has 2 aromatic rings. The quantitative estimate of drug-likeness (QED) is 0.717. The number of aliphatic hydroxyl groups excluding tert-OH is 1. The zero-order chi connectivity index (χ0) is 18.0. The van der Waals surface area contributed by atoms with Crippen LogP contribution in [-0.2, 0) is 14.3 Å². The Hall–Kier alpha value is -2.29. The van der Waals surface area contributed by atoms with Gasteiger partial charge in [0.2, 0.25) is 5.91 Å². The number of nitrogens with one attached hydrogen (secondary N) is 2. The lowest BCUT2D eigenvalue weighted by Gasteiger charge is -2.22. The minimum atomic E-state index is -1.16. The fraction of sp³-hybridized carbons (Fsp3) is 0.353. The van der Waals surface area contributed by atoms with Crippen molar-refractivity contribution < 1.29 is 24.2 Å². The Morgan fingerprint density at radius 2 is 2.12 bits per heavy atom. The van der Waals surface area contributed by atoms with E-state index in [-0.39, 0.29) is 19.0 Å². The SMILES string of the molecule is CC(O)[C@H](NC(=O)c1cc2ccccc2s1)C(=O)NC1COCC1=O. The molecule has 1 saturated heterocycles. The van der Waals surface area contributed by atoms with E-state index in [1.54, 1.807) is 6.07 Å². The highest BCUT2D eigenvalue weighted by atomic mass is 32.1. The van der Waals surface area contributed by atoms with Crippen LogP contribution in [0.25, 0.3) is 10.1 Å². The van der Waals surface area contributed by atoms with Crippen LogP contribution in [0.5, 0.6) is 0 Å². The average Bonchev–Trinajstić information content (AvgIpc) is 3.18. The first-order chi connectivity index (χ1) is 12.0. The second-order valence-corrected chi connectivity index (χ2v) is 6.97. The number of hydrogen-bond acceptors (Lipinski definition) is 6. The zero-order valence-electron chi connectivity index (χ0n) is 13.5. The number of hydrogen-bond donors (Lipinski definition) is 3. The Morgan fingerprint density at radius 1 is 1.36 bits per heavy atom. The summed E-state index contributed by atoms with van der Waals surface area (Å²) < 4.78 is 5.94. The minimum Gasteiger partial charge on any atom is -0.391 e. The number of ketones is 1. The van der Waals surface area contributed by atoms with Gasteiger partial charge in [0.1, 0.15) is 18.7 Å². The fourth-order valence-corrected chi connectivity index (χ4v) is 3.53. The molecule has 1 aromatic heterocycles. The molecule has 2 unspecified atom stereocenters.